The van der Waals surface area contributed by atoms with Gasteiger partial charge in [0.25, 0.3) is 5.91 Å². The predicted octanol–water partition coefficient (Wildman–Crippen LogP) is 4.56. The molecule has 35 heavy (non-hydrogen) atoms. The fourth-order valence-corrected chi connectivity index (χ4v) is 5.63. The van der Waals surface area contributed by atoms with Crippen molar-refractivity contribution in [3.05, 3.63) is 42.0 Å². The van der Waals surface area contributed by atoms with E-state index in [9.17, 15) is 4.79 Å². The highest BCUT2D eigenvalue weighted by molar-refractivity contribution is 5.92. The van der Waals surface area contributed by atoms with E-state index in [2.05, 4.69) is 29.0 Å². The summed E-state index contributed by atoms with van der Waals surface area (Å²) >= 11 is 0. The number of fused-ring (bicyclic) bond motifs is 4. The van der Waals surface area contributed by atoms with E-state index < -0.39 is 0 Å². The zero-order valence-electron chi connectivity index (χ0n) is 21.0. The summed E-state index contributed by atoms with van der Waals surface area (Å²) in [5.41, 5.74) is 4.31. The predicted molar refractivity (Wildman–Crippen MR) is 138 cm³/mol. The minimum atomic E-state index is -0.0481. The van der Waals surface area contributed by atoms with Gasteiger partial charge in [0.2, 0.25) is 0 Å². The lowest BCUT2D eigenvalue weighted by molar-refractivity contribution is -0.125. The second kappa shape index (κ2) is 9.82. The van der Waals surface area contributed by atoms with E-state index in [-0.39, 0.29) is 24.5 Å². The van der Waals surface area contributed by atoms with E-state index in [0.29, 0.717) is 23.2 Å². The molecule has 2 N–H and O–H groups in total. The number of hydrogen-bond donors (Lipinski definition) is 2. The van der Waals surface area contributed by atoms with Crippen LogP contribution < -0.4 is 19.5 Å². The van der Waals surface area contributed by atoms with Crippen LogP contribution in [0.1, 0.15) is 38.2 Å². The number of nitrogens with one attached hydrogen (secondary N) is 2. The second-order valence-corrected chi connectivity index (χ2v) is 9.95. The van der Waals surface area contributed by atoms with Crippen molar-refractivity contribution in [1.82, 2.24) is 15.2 Å². The molecule has 1 atom stereocenters. The quantitative estimate of drug-likeness (QED) is 0.497. The lowest BCUT2D eigenvalue weighted by Crippen LogP contribution is -2.57. The maximum absolute atomic E-state index is 12.6. The van der Waals surface area contributed by atoms with E-state index in [1.807, 2.05) is 36.4 Å². The maximum Gasteiger partial charge on any atom is 0.258 e. The minimum absolute atomic E-state index is 0.0265. The summed E-state index contributed by atoms with van der Waals surface area (Å²) in [5.74, 6) is 2.92. The van der Waals surface area contributed by atoms with Gasteiger partial charge < -0.3 is 29.4 Å². The molecule has 7 heteroatoms. The normalized spacial score (nSPS) is 21.3. The molecule has 2 aromatic carbocycles. The molecule has 3 aliphatic heterocycles. The molecular formula is C28H35N3O4. The Morgan fingerprint density at radius 2 is 1.86 bits per heavy atom. The molecule has 4 heterocycles. The summed E-state index contributed by atoms with van der Waals surface area (Å²) in [6.07, 6.45) is 2.35. The van der Waals surface area contributed by atoms with Crippen molar-refractivity contribution >= 4 is 16.8 Å². The van der Waals surface area contributed by atoms with E-state index in [1.54, 1.807) is 14.2 Å². The van der Waals surface area contributed by atoms with E-state index in [4.69, 9.17) is 14.2 Å². The first kappa shape index (κ1) is 23.5. The summed E-state index contributed by atoms with van der Waals surface area (Å²) in [4.78, 5) is 18.6. The average Bonchev–Trinajstić information content (AvgIpc) is 3.27. The number of ether oxygens (including phenoxy) is 3. The first-order chi connectivity index (χ1) is 17.0. The van der Waals surface area contributed by atoms with E-state index >= 15 is 0 Å². The van der Waals surface area contributed by atoms with Crippen LogP contribution in [0.3, 0.4) is 0 Å². The Labute approximate surface area is 206 Å². The van der Waals surface area contributed by atoms with Gasteiger partial charge in [0.15, 0.2) is 18.1 Å². The molecule has 3 fully saturated rings. The molecule has 3 saturated heterocycles. The number of hydrogen-bond acceptors (Lipinski definition) is 5. The molecule has 0 aliphatic carbocycles. The molecule has 0 radical (unpaired) electrons. The van der Waals surface area contributed by atoms with Crippen molar-refractivity contribution in [1.29, 1.82) is 0 Å². The third kappa shape index (κ3) is 4.69. The van der Waals surface area contributed by atoms with Crippen molar-refractivity contribution in [3.63, 3.8) is 0 Å². The highest BCUT2D eigenvalue weighted by Crippen LogP contribution is 2.40. The number of rotatable bonds is 8. The van der Waals surface area contributed by atoms with Gasteiger partial charge in [0, 0.05) is 29.1 Å². The third-order valence-corrected chi connectivity index (χ3v) is 7.43. The van der Waals surface area contributed by atoms with Crippen molar-refractivity contribution in [2.24, 2.45) is 5.92 Å². The van der Waals surface area contributed by atoms with Gasteiger partial charge in [-0.05, 0) is 79.7 Å². The summed E-state index contributed by atoms with van der Waals surface area (Å²) in [5, 5.41) is 4.30. The smallest absolute Gasteiger partial charge is 0.258 e. The van der Waals surface area contributed by atoms with Gasteiger partial charge in [-0.15, -0.1) is 0 Å². The molecule has 0 spiro atoms. The summed E-state index contributed by atoms with van der Waals surface area (Å²) < 4.78 is 16.9. The van der Waals surface area contributed by atoms with Crippen LogP contribution in [0.15, 0.2) is 36.4 Å². The summed E-state index contributed by atoms with van der Waals surface area (Å²) in [6.45, 7) is 7.67. The van der Waals surface area contributed by atoms with Crippen LogP contribution in [0, 0.1) is 5.92 Å². The fraction of sp³-hybridized carbons (Fsp3) is 0.464. The molecule has 3 aliphatic rings. The Morgan fingerprint density at radius 1 is 1.09 bits per heavy atom. The van der Waals surface area contributed by atoms with Gasteiger partial charge in [0.1, 0.15) is 5.75 Å². The van der Waals surface area contributed by atoms with E-state index in [1.165, 1.54) is 18.4 Å². The highest BCUT2D eigenvalue weighted by atomic mass is 16.5. The molecule has 1 aromatic heterocycles. The summed E-state index contributed by atoms with van der Waals surface area (Å²) in [7, 11) is 3.28. The van der Waals surface area contributed by atoms with Crippen LogP contribution in [0.4, 0.5) is 0 Å². The monoisotopic (exact) mass is 477 g/mol. The van der Waals surface area contributed by atoms with Crippen LogP contribution in [-0.4, -0.2) is 62.3 Å². The number of H-pyrrole nitrogens is 1. The van der Waals surface area contributed by atoms with Crippen molar-refractivity contribution in [3.8, 4) is 28.5 Å². The second-order valence-electron chi connectivity index (χ2n) is 9.95. The first-order valence-electron chi connectivity index (χ1n) is 12.5. The SMILES string of the molecule is COc1ccc(-c2[nH]c3ccc(OCC(=O)NC4CN5CCC4CC5)cc3c2C(C)C)cc1OC. The van der Waals surface area contributed by atoms with Gasteiger partial charge in [-0.2, -0.15) is 0 Å². The number of benzene rings is 2. The van der Waals surface area contributed by atoms with Gasteiger partial charge in [-0.1, -0.05) is 13.8 Å². The van der Waals surface area contributed by atoms with Crippen LogP contribution >= 0.6 is 0 Å². The standard InChI is InChI=1S/C28H35N3O4/c1-17(2)27-21-14-20(35-16-26(32)29-23-15-31-11-9-18(23)10-12-31)6-7-22(21)30-28(27)19-5-8-24(33-3)25(13-19)34-4/h5-8,13-14,17-18,23,30H,9-12,15-16H2,1-4H3,(H,29,32). The number of aromatic nitrogens is 1. The Hall–Kier alpha value is -3.19. The van der Waals surface area contributed by atoms with Gasteiger partial charge in [0.05, 0.1) is 19.9 Å². The number of methoxy groups -OCH3 is 2. The molecule has 2 bridgehead atoms. The lowest BCUT2D eigenvalue weighted by atomic mass is 9.84. The average molecular weight is 478 g/mol. The number of nitrogens with zero attached hydrogens (tertiary/aromatic N) is 1. The van der Waals surface area contributed by atoms with Crippen molar-refractivity contribution < 1.29 is 19.0 Å². The number of carbonyl (C=O) groups excluding carboxylic acids is 1. The summed E-state index contributed by atoms with van der Waals surface area (Å²) in [6, 6.07) is 12.2. The Balaban J connectivity index is 1.35. The number of piperidine rings is 3. The zero-order chi connectivity index (χ0) is 24.5. The molecule has 6 rings (SSSR count). The topological polar surface area (TPSA) is 75.8 Å². The van der Waals surface area contributed by atoms with Crippen LogP contribution in [0.5, 0.6) is 17.2 Å². The Bertz CT molecular complexity index is 1210. The largest absolute Gasteiger partial charge is 0.493 e. The Kier molecular flexibility index (Phi) is 6.60. The number of amides is 1. The molecule has 0 saturated carbocycles. The van der Waals surface area contributed by atoms with Crippen molar-refractivity contribution in [2.75, 3.05) is 40.5 Å². The maximum atomic E-state index is 12.6. The lowest BCUT2D eigenvalue weighted by Gasteiger charge is -2.44. The van der Waals surface area contributed by atoms with Gasteiger partial charge in [-0.25, -0.2) is 0 Å². The van der Waals surface area contributed by atoms with Crippen LogP contribution in [0.2, 0.25) is 0 Å². The van der Waals surface area contributed by atoms with Gasteiger partial charge >= 0.3 is 0 Å². The number of aromatic amines is 1. The number of carbonyl (C=O) groups is 1. The molecular weight excluding hydrogens is 442 g/mol. The minimum Gasteiger partial charge on any atom is -0.493 e. The third-order valence-electron chi connectivity index (χ3n) is 7.43. The fourth-order valence-electron chi connectivity index (χ4n) is 5.63. The first-order valence-corrected chi connectivity index (χ1v) is 12.5. The van der Waals surface area contributed by atoms with Crippen molar-refractivity contribution in [2.45, 2.75) is 38.6 Å². The zero-order valence-corrected chi connectivity index (χ0v) is 21.0. The Morgan fingerprint density at radius 3 is 2.51 bits per heavy atom. The van der Waals surface area contributed by atoms with Crippen LogP contribution in [-0.2, 0) is 4.79 Å². The van der Waals surface area contributed by atoms with Crippen LogP contribution in [0.25, 0.3) is 22.2 Å². The molecule has 186 valence electrons. The van der Waals surface area contributed by atoms with E-state index in [0.717, 1.165) is 41.8 Å². The highest BCUT2D eigenvalue weighted by Gasteiger charge is 2.34. The molecule has 3 aromatic rings. The molecule has 7 nitrogen and oxygen atoms in total. The van der Waals surface area contributed by atoms with Gasteiger partial charge in [-0.3, -0.25) is 4.79 Å². The molecule has 1 amide bonds. The molecule has 1 unspecified atom stereocenters.